The molecule has 3 rings (SSSR count). The van der Waals surface area contributed by atoms with Crippen molar-refractivity contribution in [3.8, 4) is 0 Å². The zero-order valence-corrected chi connectivity index (χ0v) is 13.0. The first-order valence-corrected chi connectivity index (χ1v) is 8.43. The van der Waals surface area contributed by atoms with Crippen molar-refractivity contribution < 1.29 is 9.59 Å². The van der Waals surface area contributed by atoms with E-state index < -0.39 is 0 Å². The molecule has 2 fully saturated rings. The van der Waals surface area contributed by atoms with Crippen molar-refractivity contribution in [2.75, 3.05) is 4.90 Å². The number of hydrogen-bond acceptors (Lipinski definition) is 3. The second-order valence-corrected chi connectivity index (χ2v) is 6.37. The molecule has 22 heavy (non-hydrogen) atoms. The number of carbonyl (C=O) groups excluding carboxylic acids is 2. The van der Waals surface area contributed by atoms with Crippen LogP contribution in [0.25, 0.3) is 0 Å². The fourth-order valence-electron chi connectivity index (χ4n) is 3.52. The van der Waals surface area contributed by atoms with E-state index in [4.69, 9.17) is 0 Å². The Hall–Kier alpha value is -1.68. The minimum atomic E-state index is -0.350. The van der Waals surface area contributed by atoms with E-state index in [9.17, 15) is 9.59 Å². The second kappa shape index (κ2) is 7.05. The number of rotatable bonds is 3. The average molecular weight is 300 g/mol. The molecule has 1 unspecified atom stereocenters. The number of nitrogens with one attached hydrogen (secondary N) is 1. The molecular weight excluding hydrogens is 276 g/mol. The molecule has 0 radical (unpaired) electrons. The Kier molecular flexibility index (Phi) is 4.88. The van der Waals surface area contributed by atoms with Gasteiger partial charge in [-0.3, -0.25) is 9.59 Å². The van der Waals surface area contributed by atoms with Gasteiger partial charge in [-0.25, -0.2) is 4.90 Å². The third-order valence-electron chi connectivity index (χ3n) is 4.70. The lowest BCUT2D eigenvalue weighted by Crippen LogP contribution is -2.44. The van der Waals surface area contributed by atoms with Crippen LogP contribution in [-0.4, -0.2) is 23.9 Å². The zero-order valence-electron chi connectivity index (χ0n) is 13.0. The molecule has 0 aromatic heterocycles. The summed E-state index contributed by atoms with van der Waals surface area (Å²) in [5.74, 6) is -0.196. The maximum atomic E-state index is 12.6. The van der Waals surface area contributed by atoms with Crippen molar-refractivity contribution in [2.24, 2.45) is 0 Å². The highest BCUT2D eigenvalue weighted by atomic mass is 16.2. The summed E-state index contributed by atoms with van der Waals surface area (Å²) in [7, 11) is 0. The summed E-state index contributed by atoms with van der Waals surface area (Å²) >= 11 is 0. The minimum Gasteiger partial charge on any atom is -0.303 e. The predicted molar refractivity (Wildman–Crippen MR) is 86.6 cm³/mol. The number of hydrogen-bond donors (Lipinski definition) is 1. The predicted octanol–water partition coefficient (Wildman–Crippen LogP) is 3.02. The molecule has 1 heterocycles. The fourth-order valence-corrected chi connectivity index (χ4v) is 3.52. The lowest BCUT2D eigenvalue weighted by atomic mass is 9.96. The number of imide groups is 1. The van der Waals surface area contributed by atoms with Gasteiger partial charge in [-0.1, -0.05) is 50.3 Å². The summed E-state index contributed by atoms with van der Waals surface area (Å²) in [4.78, 5) is 26.1. The molecule has 1 aromatic carbocycles. The quantitative estimate of drug-likeness (QED) is 0.873. The van der Waals surface area contributed by atoms with Gasteiger partial charge in [0, 0.05) is 6.04 Å². The van der Waals surface area contributed by atoms with Crippen LogP contribution in [0, 0.1) is 0 Å². The van der Waals surface area contributed by atoms with Crippen LogP contribution in [0.4, 0.5) is 5.69 Å². The van der Waals surface area contributed by atoms with Crippen LogP contribution in [0.5, 0.6) is 0 Å². The molecule has 1 atom stereocenters. The third-order valence-corrected chi connectivity index (χ3v) is 4.70. The molecule has 0 spiro atoms. The molecule has 4 nitrogen and oxygen atoms in total. The van der Waals surface area contributed by atoms with E-state index in [1.807, 2.05) is 30.3 Å². The van der Waals surface area contributed by atoms with Gasteiger partial charge in [-0.05, 0) is 25.0 Å². The minimum absolute atomic E-state index is 0.0976. The molecule has 1 saturated carbocycles. The van der Waals surface area contributed by atoms with Crippen molar-refractivity contribution in [3.63, 3.8) is 0 Å². The van der Waals surface area contributed by atoms with Crippen molar-refractivity contribution in [1.82, 2.24) is 5.32 Å². The maximum absolute atomic E-state index is 12.6. The van der Waals surface area contributed by atoms with Gasteiger partial charge in [0.2, 0.25) is 5.91 Å². The number of benzene rings is 1. The lowest BCUT2D eigenvalue weighted by Gasteiger charge is -2.24. The van der Waals surface area contributed by atoms with Gasteiger partial charge in [0.1, 0.15) is 0 Å². The molecule has 1 N–H and O–H groups in total. The van der Waals surface area contributed by atoms with Crippen LogP contribution < -0.4 is 10.2 Å². The molecule has 4 heteroatoms. The number of nitrogens with zero attached hydrogens (tertiary/aromatic N) is 1. The monoisotopic (exact) mass is 300 g/mol. The average Bonchev–Trinajstić information content (AvgIpc) is 2.77. The van der Waals surface area contributed by atoms with E-state index >= 15 is 0 Å². The van der Waals surface area contributed by atoms with E-state index in [0.717, 1.165) is 12.8 Å². The first-order chi connectivity index (χ1) is 10.8. The topological polar surface area (TPSA) is 49.4 Å². The van der Waals surface area contributed by atoms with Crippen LogP contribution in [0.3, 0.4) is 0 Å². The summed E-state index contributed by atoms with van der Waals surface area (Å²) < 4.78 is 0. The van der Waals surface area contributed by atoms with Crippen molar-refractivity contribution in [2.45, 2.75) is 63.5 Å². The highest BCUT2D eigenvalue weighted by Gasteiger charge is 2.40. The first-order valence-electron chi connectivity index (χ1n) is 8.43. The largest absolute Gasteiger partial charge is 0.303 e. The molecule has 2 aliphatic rings. The fraction of sp³-hybridized carbons (Fsp3) is 0.556. The van der Waals surface area contributed by atoms with Gasteiger partial charge in [0.25, 0.3) is 5.91 Å². The van der Waals surface area contributed by atoms with E-state index in [-0.39, 0.29) is 24.3 Å². The number of para-hydroxylation sites is 1. The Balaban J connectivity index is 1.66. The summed E-state index contributed by atoms with van der Waals surface area (Å²) in [5.41, 5.74) is 0.680. The van der Waals surface area contributed by atoms with Crippen LogP contribution in [0.1, 0.15) is 51.4 Å². The summed E-state index contributed by atoms with van der Waals surface area (Å²) in [5, 5.41) is 3.45. The number of carbonyl (C=O) groups is 2. The van der Waals surface area contributed by atoms with E-state index in [1.165, 1.54) is 37.0 Å². The summed E-state index contributed by atoms with van der Waals surface area (Å²) in [6.07, 6.45) is 8.84. The highest BCUT2D eigenvalue weighted by Crippen LogP contribution is 2.24. The Morgan fingerprint density at radius 3 is 2.23 bits per heavy atom. The van der Waals surface area contributed by atoms with Crippen molar-refractivity contribution in [3.05, 3.63) is 30.3 Å². The molecule has 1 aliphatic carbocycles. The second-order valence-electron chi connectivity index (χ2n) is 6.37. The van der Waals surface area contributed by atoms with Gasteiger partial charge in [-0.2, -0.15) is 0 Å². The van der Waals surface area contributed by atoms with Gasteiger partial charge in [0.15, 0.2) is 0 Å². The van der Waals surface area contributed by atoms with E-state index in [2.05, 4.69) is 5.32 Å². The number of anilines is 1. The Labute approximate surface area is 131 Å². The van der Waals surface area contributed by atoms with E-state index in [0.29, 0.717) is 11.7 Å². The summed E-state index contributed by atoms with van der Waals surface area (Å²) in [6, 6.07) is 9.24. The van der Waals surface area contributed by atoms with Crippen LogP contribution in [-0.2, 0) is 9.59 Å². The maximum Gasteiger partial charge on any atom is 0.251 e. The summed E-state index contributed by atoms with van der Waals surface area (Å²) in [6.45, 7) is 0. The molecule has 0 bridgehead atoms. The van der Waals surface area contributed by atoms with Gasteiger partial charge < -0.3 is 5.32 Å². The van der Waals surface area contributed by atoms with Gasteiger partial charge in [0.05, 0.1) is 18.2 Å². The molecule has 1 aliphatic heterocycles. The van der Waals surface area contributed by atoms with Crippen molar-refractivity contribution in [1.29, 1.82) is 0 Å². The first kappa shape index (κ1) is 15.2. The van der Waals surface area contributed by atoms with Crippen LogP contribution >= 0.6 is 0 Å². The zero-order chi connectivity index (χ0) is 15.4. The third kappa shape index (κ3) is 3.38. The van der Waals surface area contributed by atoms with Crippen LogP contribution in [0.2, 0.25) is 0 Å². The molecule has 2 amide bonds. The molecule has 118 valence electrons. The normalized spacial score (nSPS) is 24.4. The van der Waals surface area contributed by atoms with Crippen LogP contribution in [0.15, 0.2) is 30.3 Å². The Morgan fingerprint density at radius 2 is 1.55 bits per heavy atom. The van der Waals surface area contributed by atoms with Crippen molar-refractivity contribution >= 4 is 17.5 Å². The van der Waals surface area contributed by atoms with Gasteiger partial charge >= 0.3 is 0 Å². The van der Waals surface area contributed by atoms with Gasteiger partial charge in [-0.15, -0.1) is 0 Å². The Bertz CT molecular complexity index is 521. The smallest absolute Gasteiger partial charge is 0.251 e. The molecular formula is C18H24N2O2. The van der Waals surface area contributed by atoms with E-state index in [1.54, 1.807) is 0 Å². The SMILES string of the molecule is O=C1CC(NC2CCCCCCC2)C(=O)N1c1ccccc1. The molecule has 1 aromatic rings. The standard InChI is InChI=1S/C18H24N2O2/c21-17-13-16(19-14-9-5-2-1-3-6-10-14)18(22)20(17)15-11-7-4-8-12-15/h4,7-8,11-12,14,16,19H,1-3,5-6,9-10,13H2. The Morgan fingerprint density at radius 1 is 0.909 bits per heavy atom. The highest BCUT2D eigenvalue weighted by molar-refractivity contribution is 6.22. The molecule has 1 saturated heterocycles. The number of amides is 2. The lowest BCUT2D eigenvalue weighted by molar-refractivity contribution is -0.121.